The minimum absolute atomic E-state index is 0. The van der Waals surface area contributed by atoms with Gasteiger partial charge in [0.2, 0.25) is 0 Å². The molecular weight excluding hydrogens is 289 g/mol. The molecule has 1 heterocycles. The zero-order chi connectivity index (χ0) is 11.8. The predicted molar refractivity (Wildman–Crippen MR) is 64.8 cm³/mol. The zero-order valence-corrected chi connectivity index (χ0v) is 14.6. The van der Waals surface area contributed by atoms with Gasteiger partial charge in [-0.1, -0.05) is 12.3 Å². The molecule has 2 nitrogen and oxygen atoms in total. The topological polar surface area (TPSA) is 18.5 Å². The van der Waals surface area contributed by atoms with Crippen molar-refractivity contribution in [1.29, 1.82) is 0 Å². The molecule has 1 saturated carbocycles. The molecule has 1 aliphatic carbocycles. The van der Waals surface area contributed by atoms with E-state index in [4.69, 9.17) is 21.1 Å². The van der Waals surface area contributed by atoms with Crippen molar-refractivity contribution in [3.05, 3.63) is 12.8 Å². The fourth-order valence-corrected chi connectivity index (χ4v) is 3.12. The van der Waals surface area contributed by atoms with E-state index in [9.17, 15) is 0 Å². The second-order valence-corrected chi connectivity index (χ2v) is 6.10. The van der Waals surface area contributed by atoms with E-state index in [-0.39, 0.29) is 24.9 Å². The predicted octanol–water partition coefficient (Wildman–Crippen LogP) is 3.40. The summed E-state index contributed by atoms with van der Waals surface area (Å²) in [5, 5.41) is 0. The largest absolute Gasteiger partial charge is 2.00 e. The van der Waals surface area contributed by atoms with Crippen molar-refractivity contribution < 1.29 is 29.0 Å². The molecule has 2 fully saturated rings. The Labute approximate surface area is 123 Å². The fourth-order valence-electron chi connectivity index (χ4n) is 2.89. The van der Waals surface area contributed by atoms with Crippen LogP contribution in [0.4, 0.5) is 0 Å². The van der Waals surface area contributed by atoms with Crippen LogP contribution in [0.25, 0.3) is 0 Å². The summed E-state index contributed by atoms with van der Waals surface area (Å²) >= 11 is 5.70. The van der Waals surface area contributed by atoms with E-state index in [2.05, 4.69) is 6.92 Å². The number of hydrogen-bond acceptors (Lipinski definition) is 2. The van der Waals surface area contributed by atoms with Crippen LogP contribution in [0.5, 0.6) is 0 Å². The summed E-state index contributed by atoms with van der Waals surface area (Å²) in [6, 6.07) is 0. The van der Waals surface area contributed by atoms with Gasteiger partial charge in [-0.05, 0) is 20.3 Å². The van der Waals surface area contributed by atoms with Gasteiger partial charge in [-0.3, -0.25) is 0 Å². The number of ether oxygens (including phenoxy) is 2. The Morgan fingerprint density at radius 3 is 2.41 bits per heavy atom. The van der Waals surface area contributed by atoms with Crippen molar-refractivity contribution in [3.8, 4) is 0 Å². The first-order chi connectivity index (χ1) is 7.46. The van der Waals surface area contributed by atoms with Gasteiger partial charge in [-0.15, -0.1) is 0 Å². The van der Waals surface area contributed by atoms with Crippen LogP contribution in [0.3, 0.4) is 0 Å². The Morgan fingerprint density at radius 2 is 1.88 bits per heavy atom. The third kappa shape index (κ3) is 3.65. The second-order valence-electron chi connectivity index (χ2n) is 5.80. The van der Waals surface area contributed by atoms with Gasteiger partial charge in [-0.2, -0.15) is 12.3 Å². The molecule has 4 heteroatoms. The van der Waals surface area contributed by atoms with Crippen LogP contribution in [0.1, 0.15) is 33.1 Å². The summed E-state index contributed by atoms with van der Waals surface area (Å²) in [6.45, 7) is 9.77. The Morgan fingerprint density at radius 1 is 1.29 bits per heavy atom. The van der Waals surface area contributed by atoms with Crippen LogP contribution in [0.2, 0.25) is 0 Å². The fraction of sp³-hybridized carbons (Fsp3) is 0.846. The quantitative estimate of drug-likeness (QED) is 0.575. The molecule has 0 aromatic carbocycles. The first kappa shape index (κ1) is 15.9. The van der Waals surface area contributed by atoms with Crippen LogP contribution in [-0.2, 0) is 29.0 Å². The maximum absolute atomic E-state index is 5.78. The third-order valence-electron chi connectivity index (χ3n) is 3.90. The van der Waals surface area contributed by atoms with Crippen LogP contribution in [0.15, 0.2) is 0 Å². The summed E-state index contributed by atoms with van der Waals surface area (Å²) < 4.78 is 11.6. The molecule has 0 amide bonds. The van der Waals surface area contributed by atoms with E-state index in [1.807, 2.05) is 13.8 Å². The molecule has 2 aliphatic rings. The molecule has 0 bridgehead atoms. The standard InChI is InChI=1S/C13H21ClO2.Zn/c1-10-6-13(7-11(10)4-5-14)8-15-12(2,3)16-9-13;/h5,10-11H,1,4,6-9H2,2-3H3;/q-2;+2/t10-,11-;/m0./s1. The van der Waals surface area contributed by atoms with Crippen LogP contribution >= 0.6 is 11.6 Å². The number of halogens is 1. The van der Waals surface area contributed by atoms with E-state index in [1.54, 1.807) is 5.88 Å². The molecule has 2 atom stereocenters. The van der Waals surface area contributed by atoms with Gasteiger partial charge in [0, 0.05) is 5.41 Å². The van der Waals surface area contributed by atoms with E-state index in [0.29, 0.717) is 11.8 Å². The van der Waals surface area contributed by atoms with E-state index in [1.165, 1.54) is 0 Å². The molecular formula is C13H21ClO2Zn. The number of hydrogen-bond donors (Lipinski definition) is 0. The Balaban J connectivity index is 0.00000144. The van der Waals surface area contributed by atoms with Gasteiger partial charge >= 0.3 is 19.5 Å². The van der Waals surface area contributed by atoms with Gasteiger partial charge in [-0.25, -0.2) is 5.88 Å². The summed E-state index contributed by atoms with van der Waals surface area (Å²) in [5.41, 5.74) is 0.187. The molecule has 0 radical (unpaired) electrons. The molecule has 0 aromatic rings. The average Bonchev–Trinajstić information content (AvgIpc) is 2.51. The molecule has 2 rings (SSSR count). The van der Waals surface area contributed by atoms with Crippen LogP contribution in [0, 0.1) is 30.1 Å². The Kier molecular flexibility index (Phi) is 5.48. The minimum atomic E-state index is -0.418. The maximum Gasteiger partial charge on any atom is 2.00 e. The van der Waals surface area contributed by atoms with E-state index in [0.717, 1.165) is 32.5 Å². The van der Waals surface area contributed by atoms with Gasteiger partial charge in [0.1, 0.15) is 0 Å². The van der Waals surface area contributed by atoms with Crippen molar-refractivity contribution in [3.63, 3.8) is 0 Å². The molecule has 17 heavy (non-hydrogen) atoms. The molecule has 0 N–H and O–H groups in total. The van der Waals surface area contributed by atoms with Crippen LogP contribution < -0.4 is 0 Å². The van der Waals surface area contributed by atoms with Gasteiger partial charge in [0.15, 0.2) is 5.79 Å². The zero-order valence-electron chi connectivity index (χ0n) is 10.9. The summed E-state index contributed by atoms with van der Waals surface area (Å²) in [7, 11) is 0. The van der Waals surface area contributed by atoms with Gasteiger partial charge in [0.05, 0.1) is 13.2 Å². The SMILES string of the molecule is [CH2-][C@H]1CC2(COC(C)(C)OC2)C[C@@H]1C[CH-]Cl.[Zn+2]. The Hall–Kier alpha value is 0.833. The summed E-state index contributed by atoms with van der Waals surface area (Å²) in [4.78, 5) is 0. The van der Waals surface area contributed by atoms with E-state index >= 15 is 0 Å². The number of rotatable bonds is 2. The minimum Gasteiger partial charge on any atom is -0.350 e. The van der Waals surface area contributed by atoms with Crippen molar-refractivity contribution in [2.75, 3.05) is 13.2 Å². The van der Waals surface area contributed by atoms with Gasteiger partial charge < -0.3 is 28.0 Å². The van der Waals surface area contributed by atoms with Crippen molar-refractivity contribution >= 4 is 11.6 Å². The molecule has 1 spiro atoms. The third-order valence-corrected chi connectivity index (χ3v) is 4.08. The normalized spacial score (nSPS) is 34.6. The smallest absolute Gasteiger partial charge is 0.350 e. The average molecular weight is 310 g/mol. The van der Waals surface area contributed by atoms with Crippen molar-refractivity contribution in [1.82, 2.24) is 0 Å². The molecule has 94 valence electrons. The molecule has 0 aromatic heterocycles. The Bertz CT molecular complexity index is 248. The maximum atomic E-state index is 5.78. The summed E-state index contributed by atoms with van der Waals surface area (Å²) in [6.07, 6.45) is 3.17. The monoisotopic (exact) mass is 308 g/mol. The molecule has 0 unspecified atom stereocenters. The summed E-state index contributed by atoms with van der Waals surface area (Å²) in [5.74, 6) is 2.38. The molecule has 1 saturated heterocycles. The first-order valence-corrected chi connectivity index (χ1v) is 6.43. The van der Waals surface area contributed by atoms with E-state index < -0.39 is 5.79 Å². The van der Waals surface area contributed by atoms with Crippen LogP contribution in [-0.4, -0.2) is 19.0 Å². The van der Waals surface area contributed by atoms with Crippen molar-refractivity contribution in [2.45, 2.75) is 38.9 Å². The van der Waals surface area contributed by atoms with Crippen molar-refractivity contribution in [2.24, 2.45) is 17.3 Å². The first-order valence-electron chi connectivity index (χ1n) is 5.99. The molecule has 1 aliphatic heterocycles. The van der Waals surface area contributed by atoms with Gasteiger partial charge in [0.25, 0.3) is 0 Å². The second kappa shape index (κ2) is 5.86.